The molecule has 3 rings (SSSR count). The van der Waals surface area contributed by atoms with Gasteiger partial charge in [0.25, 0.3) is 0 Å². The molecule has 0 N–H and O–H groups in total. The average Bonchev–Trinajstić information content (AvgIpc) is 3.03. The number of hydrogen-bond acceptors (Lipinski definition) is 5. The van der Waals surface area contributed by atoms with Crippen molar-refractivity contribution in [2.45, 2.75) is 6.61 Å². The molecular weight excluding hydrogens is 346 g/mol. The predicted molar refractivity (Wildman–Crippen MR) is 92.7 cm³/mol. The zero-order chi connectivity index (χ0) is 17.8. The number of allylic oxidation sites excluding steroid dienone is 1. The second-order valence-corrected chi connectivity index (χ2v) is 5.98. The number of ether oxygens (including phenoxy) is 2. The van der Waals surface area contributed by atoms with Crippen molar-refractivity contribution in [3.8, 4) is 17.6 Å². The van der Waals surface area contributed by atoms with E-state index in [4.69, 9.17) is 4.74 Å². The number of alkyl halides is 2. The molecule has 0 bridgehead atoms. The molecule has 3 aromatic rings. The van der Waals surface area contributed by atoms with E-state index >= 15 is 0 Å². The molecule has 1 heterocycles. The van der Waals surface area contributed by atoms with Crippen molar-refractivity contribution in [3.63, 3.8) is 0 Å². The summed E-state index contributed by atoms with van der Waals surface area (Å²) in [6.45, 7) is -2.96. The van der Waals surface area contributed by atoms with Crippen LogP contribution < -0.4 is 9.47 Å². The molecule has 0 amide bonds. The fourth-order valence-corrected chi connectivity index (χ4v) is 3.20. The van der Waals surface area contributed by atoms with Crippen molar-refractivity contribution < 1.29 is 18.3 Å². The molecular formula is C18H12F2N2O2S. The molecule has 126 valence electrons. The fraction of sp³-hybridized carbons (Fsp3) is 0.111. The molecule has 7 heteroatoms. The molecule has 0 unspecified atom stereocenters. The largest absolute Gasteiger partial charge is 0.493 e. The van der Waals surface area contributed by atoms with Gasteiger partial charge in [-0.2, -0.15) is 14.0 Å². The van der Waals surface area contributed by atoms with Gasteiger partial charge in [-0.25, -0.2) is 4.98 Å². The molecule has 2 aromatic carbocycles. The Morgan fingerprint density at radius 1 is 1.24 bits per heavy atom. The molecule has 0 fully saturated rings. The van der Waals surface area contributed by atoms with Gasteiger partial charge in [-0.3, -0.25) is 0 Å². The normalized spacial score (nSPS) is 11.6. The van der Waals surface area contributed by atoms with Gasteiger partial charge in [0, 0.05) is 0 Å². The van der Waals surface area contributed by atoms with Gasteiger partial charge in [-0.05, 0) is 35.9 Å². The Morgan fingerprint density at radius 2 is 2.04 bits per heavy atom. The molecule has 0 saturated carbocycles. The maximum absolute atomic E-state index is 12.5. The first kappa shape index (κ1) is 16.9. The van der Waals surface area contributed by atoms with Gasteiger partial charge in [0.2, 0.25) is 0 Å². The van der Waals surface area contributed by atoms with Crippen LogP contribution in [0.2, 0.25) is 0 Å². The Hall–Kier alpha value is -2.98. The number of nitrogens with zero attached hydrogens (tertiary/aromatic N) is 2. The second-order valence-electron chi connectivity index (χ2n) is 4.95. The van der Waals surface area contributed by atoms with Crippen molar-refractivity contribution >= 4 is 33.2 Å². The Bertz CT molecular complexity index is 944. The molecule has 1 aromatic heterocycles. The summed E-state index contributed by atoms with van der Waals surface area (Å²) in [7, 11) is 1.37. The number of halogens is 2. The third-order valence-corrected chi connectivity index (χ3v) is 4.43. The van der Waals surface area contributed by atoms with E-state index in [1.54, 1.807) is 12.1 Å². The highest BCUT2D eigenvalue weighted by Crippen LogP contribution is 2.32. The van der Waals surface area contributed by atoms with Gasteiger partial charge in [0.15, 0.2) is 11.5 Å². The Labute approximate surface area is 146 Å². The molecule has 0 aliphatic rings. The van der Waals surface area contributed by atoms with Gasteiger partial charge in [0.05, 0.1) is 22.9 Å². The van der Waals surface area contributed by atoms with Crippen LogP contribution in [0.3, 0.4) is 0 Å². The minimum atomic E-state index is -2.96. The highest BCUT2D eigenvalue weighted by Gasteiger charge is 2.12. The SMILES string of the molecule is COc1ccc(C=C(C#N)c2nc3ccccc3s2)cc1OC(F)F. The lowest BCUT2D eigenvalue weighted by Crippen LogP contribution is -2.03. The minimum absolute atomic E-state index is 0.0900. The topological polar surface area (TPSA) is 55.1 Å². The van der Waals surface area contributed by atoms with E-state index < -0.39 is 6.61 Å². The maximum Gasteiger partial charge on any atom is 0.387 e. The lowest BCUT2D eigenvalue weighted by Gasteiger charge is -2.10. The quantitative estimate of drug-likeness (QED) is 0.604. The molecule has 0 radical (unpaired) electrons. The van der Waals surface area contributed by atoms with Crippen molar-refractivity contribution in [3.05, 3.63) is 53.0 Å². The Morgan fingerprint density at radius 3 is 2.72 bits per heavy atom. The van der Waals surface area contributed by atoms with Crippen LogP contribution in [0.15, 0.2) is 42.5 Å². The first-order valence-electron chi connectivity index (χ1n) is 7.21. The molecule has 4 nitrogen and oxygen atoms in total. The lowest BCUT2D eigenvalue weighted by molar-refractivity contribution is -0.0512. The van der Waals surface area contributed by atoms with Crippen LogP contribution in [0.25, 0.3) is 21.9 Å². The van der Waals surface area contributed by atoms with Gasteiger partial charge in [0.1, 0.15) is 11.1 Å². The highest BCUT2D eigenvalue weighted by molar-refractivity contribution is 7.19. The first-order chi connectivity index (χ1) is 12.1. The number of para-hydroxylation sites is 1. The lowest BCUT2D eigenvalue weighted by atomic mass is 10.1. The summed E-state index contributed by atoms with van der Waals surface area (Å²) in [5.41, 5.74) is 1.68. The van der Waals surface area contributed by atoms with Crippen molar-refractivity contribution in [1.29, 1.82) is 5.26 Å². The molecule has 0 aliphatic heterocycles. The van der Waals surface area contributed by atoms with Crippen LogP contribution in [-0.2, 0) is 0 Å². The summed E-state index contributed by atoms with van der Waals surface area (Å²) in [6, 6.07) is 14.2. The summed E-state index contributed by atoms with van der Waals surface area (Å²) >= 11 is 1.39. The highest BCUT2D eigenvalue weighted by atomic mass is 32.1. The number of rotatable bonds is 5. The zero-order valence-electron chi connectivity index (χ0n) is 13.1. The van der Waals surface area contributed by atoms with Crippen LogP contribution >= 0.6 is 11.3 Å². The summed E-state index contributed by atoms with van der Waals surface area (Å²) in [5.74, 6) is 0.101. The molecule has 0 spiro atoms. The summed E-state index contributed by atoms with van der Waals surface area (Å²) in [5, 5.41) is 10.0. The second kappa shape index (κ2) is 7.28. The third kappa shape index (κ3) is 3.75. The average molecular weight is 358 g/mol. The number of nitriles is 1. The molecule has 25 heavy (non-hydrogen) atoms. The van der Waals surface area contributed by atoms with Crippen LogP contribution in [0.5, 0.6) is 11.5 Å². The van der Waals surface area contributed by atoms with Gasteiger partial charge < -0.3 is 9.47 Å². The number of benzene rings is 2. The molecule has 0 aliphatic carbocycles. The standard InChI is InChI=1S/C18H12F2N2O2S/c1-23-14-7-6-11(9-15(14)24-18(19)20)8-12(10-21)17-22-13-4-2-3-5-16(13)25-17/h2-9,18H,1H3. The van der Waals surface area contributed by atoms with E-state index in [1.807, 2.05) is 24.3 Å². The van der Waals surface area contributed by atoms with Gasteiger partial charge >= 0.3 is 6.61 Å². The molecule has 0 atom stereocenters. The van der Waals surface area contributed by atoms with E-state index in [0.717, 1.165) is 10.2 Å². The van der Waals surface area contributed by atoms with Crippen LogP contribution in [0.1, 0.15) is 10.6 Å². The predicted octanol–water partition coefficient (Wildman–Crippen LogP) is 4.97. The summed E-state index contributed by atoms with van der Waals surface area (Å²) in [4.78, 5) is 4.44. The van der Waals surface area contributed by atoms with Crippen molar-refractivity contribution in [2.24, 2.45) is 0 Å². The van der Waals surface area contributed by atoms with E-state index in [0.29, 0.717) is 16.1 Å². The fourth-order valence-electron chi connectivity index (χ4n) is 2.27. The maximum atomic E-state index is 12.5. The third-order valence-electron chi connectivity index (χ3n) is 3.36. The van der Waals surface area contributed by atoms with Gasteiger partial charge in [-0.15, -0.1) is 11.3 Å². The first-order valence-corrected chi connectivity index (χ1v) is 8.03. The number of aromatic nitrogens is 1. The van der Waals surface area contributed by atoms with E-state index in [2.05, 4.69) is 15.8 Å². The number of methoxy groups -OCH3 is 1. The van der Waals surface area contributed by atoms with E-state index in [9.17, 15) is 14.0 Å². The van der Waals surface area contributed by atoms with Gasteiger partial charge in [-0.1, -0.05) is 18.2 Å². The van der Waals surface area contributed by atoms with Crippen LogP contribution in [-0.4, -0.2) is 18.7 Å². The Balaban J connectivity index is 2.00. The Kier molecular flexibility index (Phi) is 4.91. The summed E-state index contributed by atoms with van der Waals surface area (Å²) < 4.78 is 35.5. The van der Waals surface area contributed by atoms with Crippen LogP contribution in [0, 0.1) is 11.3 Å². The molecule has 0 saturated heterocycles. The van der Waals surface area contributed by atoms with Crippen molar-refractivity contribution in [2.75, 3.05) is 7.11 Å². The summed E-state index contributed by atoms with van der Waals surface area (Å²) in [6.07, 6.45) is 1.58. The number of fused-ring (bicyclic) bond motifs is 1. The minimum Gasteiger partial charge on any atom is -0.493 e. The smallest absolute Gasteiger partial charge is 0.387 e. The van der Waals surface area contributed by atoms with E-state index in [-0.39, 0.29) is 11.5 Å². The number of hydrogen-bond donors (Lipinski definition) is 0. The van der Waals surface area contributed by atoms with Crippen LogP contribution in [0.4, 0.5) is 8.78 Å². The monoisotopic (exact) mass is 358 g/mol. The van der Waals surface area contributed by atoms with Crippen molar-refractivity contribution in [1.82, 2.24) is 4.98 Å². The number of thiazole rings is 1. The zero-order valence-corrected chi connectivity index (χ0v) is 13.9. The van der Waals surface area contributed by atoms with E-state index in [1.165, 1.54) is 30.6 Å².